The van der Waals surface area contributed by atoms with Gasteiger partial charge in [-0.25, -0.2) is 0 Å². The highest BCUT2D eigenvalue weighted by molar-refractivity contribution is 5.94. The number of benzene rings is 1. The third-order valence-corrected chi connectivity index (χ3v) is 4.02. The van der Waals surface area contributed by atoms with Crippen LogP contribution in [0.2, 0.25) is 0 Å². The van der Waals surface area contributed by atoms with Crippen LogP contribution < -0.4 is 16.0 Å². The molecule has 1 saturated heterocycles. The highest BCUT2D eigenvalue weighted by atomic mass is 35.5. The van der Waals surface area contributed by atoms with Crippen molar-refractivity contribution < 1.29 is 9.59 Å². The highest BCUT2D eigenvalue weighted by Gasteiger charge is 2.20. The zero-order chi connectivity index (χ0) is 16.9. The van der Waals surface area contributed by atoms with Gasteiger partial charge in [0.2, 0.25) is 5.91 Å². The molecule has 0 aromatic heterocycles. The lowest BCUT2D eigenvalue weighted by atomic mass is 9.95. The van der Waals surface area contributed by atoms with Gasteiger partial charge in [0.15, 0.2) is 0 Å². The Kier molecular flexibility index (Phi) is 7.70. The molecule has 0 saturated carbocycles. The first-order valence-corrected chi connectivity index (χ1v) is 8.25. The van der Waals surface area contributed by atoms with Crippen molar-refractivity contribution in [3.8, 4) is 0 Å². The summed E-state index contributed by atoms with van der Waals surface area (Å²) in [7, 11) is 0. The molecule has 0 atom stereocenters. The Morgan fingerprint density at radius 3 is 2.25 bits per heavy atom. The average molecular weight is 354 g/mol. The second kappa shape index (κ2) is 9.04. The summed E-state index contributed by atoms with van der Waals surface area (Å²) < 4.78 is 0. The van der Waals surface area contributed by atoms with Crippen LogP contribution in [0, 0.1) is 5.41 Å². The van der Waals surface area contributed by atoms with Crippen molar-refractivity contribution >= 4 is 24.2 Å². The van der Waals surface area contributed by atoms with Crippen molar-refractivity contribution in [1.82, 2.24) is 16.0 Å². The smallest absolute Gasteiger partial charge is 0.251 e. The van der Waals surface area contributed by atoms with E-state index in [-0.39, 0.29) is 30.3 Å². The number of amides is 2. The van der Waals surface area contributed by atoms with Crippen LogP contribution in [0.5, 0.6) is 0 Å². The zero-order valence-corrected chi connectivity index (χ0v) is 15.5. The predicted octanol–water partition coefficient (Wildman–Crippen LogP) is 2.25. The van der Waals surface area contributed by atoms with Crippen molar-refractivity contribution in [3.05, 3.63) is 35.4 Å². The summed E-state index contributed by atoms with van der Waals surface area (Å²) >= 11 is 0. The first-order chi connectivity index (χ1) is 10.9. The first kappa shape index (κ1) is 20.5. The van der Waals surface area contributed by atoms with E-state index in [1.165, 1.54) is 0 Å². The molecule has 1 aromatic carbocycles. The number of carbonyl (C=O) groups excluding carboxylic acids is 2. The van der Waals surface area contributed by atoms with Crippen LogP contribution in [0.4, 0.5) is 0 Å². The molecular weight excluding hydrogens is 326 g/mol. The lowest BCUT2D eigenvalue weighted by molar-refractivity contribution is -0.128. The Morgan fingerprint density at radius 1 is 1.12 bits per heavy atom. The van der Waals surface area contributed by atoms with Crippen LogP contribution in [-0.4, -0.2) is 30.9 Å². The molecule has 1 fully saturated rings. The third kappa shape index (κ3) is 6.13. The number of hydrogen-bond acceptors (Lipinski definition) is 3. The van der Waals surface area contributed by atoms with Gasteiger partial charge in [0.1, 0.15) is 0 Å². The van der Waals surface area contributed by atoms with Gasteiger partial charge in [0.05, 0.1) is 0 Å². The molecule has 0 bridgehead atoms. The summed E-state index contributed by atoms with van der Waals surface area (Å²) in [5.74, 6) is -0.00703. The molecule has 6 heteroatoms. The standard InChI is InChI=1S/C18H27N3O2.ClH/c1-18(2,3)17(23)20-12-13-4-6-14(7-5-13)16(22)21-15-8-10-19-11-9-15;/h4-7,15,19H,8-12H2,1-3H3,(H,20,23)(H,21,22);1H. The van der Waals surface area contributed by atoms with E-state index in [0.717, 1.165) is 31.5 Å². The molecule has 0 unspecified atom stereocenters. The van der Waals surface area contributed by atoms with E-state index in [2.05, 4.69) is 16.0 Å². The maximum atomic E-state index is 12.2. The third-order valence-electron chi connectivity index (χ3n) is 4.02. The molecule has 5 nitrogen and oxygen atoms in total. The first-order valence-electron chi connectivity index (χ1n) is 8.25. The minimum Gasteiger partial charge on any atom is -0.352 e. The zero-order valence-electron chi connectivity index (χ0n) is 14.6. The lowest BCUT2D eigenvalue weighted by Gasteiger charge is -2.23. The number of hydrogen-bond donors (Lipinski definition) is 3. The van der Waals surface area contributed by atoms with Crippen LogP contribution >= 0.6 is 12.4 Å². The molecule has 1 heterocycles. The van der Waals surface area contributed by atoms with Gasteiger partial charge in [-0.05, 0) is 43.6 Å². The van der Waals surface area contributed by atoms with Crippen molar-refractivity contribution in [2.45, 2.75) is 46.2 Å². The highest BCUT2D eigenvalue weighted by Crippen LogP contribution is 2.13. The molecule has 134 valence electrons. The van der Waals surface area contributed by atoms with Crippen LogP contribution in [0.1, 0.15) is 49.5 Å². The molecule has 0 aliphatic carbocycles. The molecular formula is C18H28ClN3O2. The van der Waals surface area contributed by atoms with Gasteiger partial charge < -0.3 is 16.0 Å². The van der Waals surface area contributed by atoms with E-state index >= 15 is 0 Å². The van der Waals surface area contributed by atoms with Crippen LogP contribution in [0.25, 0.3) is 0 Å². The van der Waals surface area contributed by atoms with Crippen LogP contribution in [0.15, 0.2) is 24.3 Å². The molecule has 1 aliphatic heterocycles. The number of rotatable bonds is 4. The van der Waals surface area contributed by atoms with E-state index in [0.29, 0.717) is 12.1 Å². The van der Waals surface area contributed by atoms with Gasteiger partial charge in [-0.2, -0.15) is 0 Å². The molecule has 2 amide bonds. The number of piperidine rings is 1. The van der Waals surface area contributed by atoms with Crippen LogP contribution in [-0.2, 0) is 11.3 Å². The van der Waals surface area contributed by atoms with Gasteiger partial charge in [0.25, 0.3) is 5.91 Å². The number of nitrogens with one attached hydrogen (secondary N) is 3. The summed E-state index contributed by atoms with van der Waals surface area (Å²) in [6.07, 6.45) is 1.95. The lowest BCUT2D eigenvalue weighted by Crippen LogP contribution is -2.42. The summed E-state index contributed by atoms with van der Waals surface area (Å²) in [6, 6.07) is 7.67. The Bertz CT molecular complexity index is 546. The summed E-state index contributed by atoms with van der Waals surface area (Å²) in [5.41, 5.74) is 1.25. The summed E-state index contributed by atoms with van der Waals surface area (Å²) in [4.78, 5) is 24.1. The largest absolute Gasteiger partial charge is 0.352 e. The van der Waals surface area contributed by atoms with E-state index in [4.69, 9.17) is 0 Å². The SMILES string of the molecule is CC(C)(C)C(=O)NCc1ccc(C(=O)NC2CCNCC2)cc1.Cl. The molecule has 1 aromatic rings. The average Bonchev–Trinajstić information content (AvgIpc) is 2.53. The molecule has 0 radical (unpaired) electrons. The van der Waals surface area contributed by atoms with Gasteiger partial charge in [-0.1, -0.05) is 32.9 Å². The van der Waals surface area contributed by atoms with E-state index in [9.17, 15) is 9.59 Å². The van der Waals surface area contributed by atoms with Crippen molar-refractivity contribution in [3.63, 3.8) is 0 Å². The minimum atomic E-state index is -0.394. The van der Waals surface area contributed by atoms with Gasteiger partial charge in [-0.3, -0.25) is 9.59 Å². The predicted molar refractivity (Wildman–Crippen MR) is 98.3 cm³/mol. The topological polar surface area (TPSA) is 70.2 Å². The molecule has 2 rings (SSSR count). The Hall–Kier alpha value is -1.59. The number of carbonyl (C=O) groups is 2. The second-order valence-electron chi connectivity index (χ2n) is 7.13. The van der Waals surface area contributed by atoms with E-state index in [1.807, 2.05) is 45.0 Å². The quantitative estimate of drug-likeness (QED) is 0.777. The Balaban J connectivity index is 0.00000288. The Labute approximate surface area is 150 Å². The van der Waals surface area contributed by atoms with E-state index < -0.39 is 5.41 Å². The fourth-order valence-corrected chi connectivity index (χ4v) is 2.46. The fourth-order valence-electron chi connectivity index (χ4n) is 2.46. The van der Waals surface area contributed by atoms with Gasteiger partial charge >= 0.3 is 0 Å². The molecule has 3 N–H and O–H groups in total. The minimum absolute atomic E-state index is 0. The Morgan fingerprint density at radius 2 is 1.71 bits per heavy atom. The summed E-state index contributed by atoms with van der Waals surface area (Å²) in [5, 5.41) is 9.27. The molecule has 0 spiro atoms. The van der Waals surface area contributed by atoms with Crippen molar-refractivity contribution in [2.24, 2.45) is 5.41 Å². The summed E-state index contributed by atoms with van der Waals surface area (Å²) in [6.45, 7) is 8.05. The number of halogens is 1. The van der Waals surface area contributed by atoms with E-state index in [1.54, 1.807) is 0 Å². The fraction of sp³-hybridized carbons (Fsp3) is 0.556. The van der Waals surface area contributed by atoms with Crippen molar-refractivity contribution in [2.75, 3.05) is 13.1 Å². The second-order valence-corrected chi connectivity index (χ2v) is 7.13. The normalized spacial score (nSPS) is 15.3. The van der Waals surface area contributed by atoms with Gasteiger partial charge in [-0.15, -0.1) is 12.4 Å². The van der Waals surface area contributed by atoms with Crippen molar-refractivity contribution in [1.29, 1.82) is 0 Å². The monoisotopic (exact) mass is 353 g/mol. The van der Waals surface area contributed by atoms with Crippen LogP contribution in [0.3, 0.4) is 0 Å². The maximum Gasteiger partial charge on any atom is 0.251 e. The maximum absolute atomic E-state index is 12.2. The van der Waals surface area contributed by atoms with Gasteiger partial charge in [0, 0.05) is 23.6 Å². The molecule has 24 heavy (non-hydrogen) atoms. The molecule has 1 aliphatic rings.